The Morgan fingerprint density at radius 3 is 2.83 bits per heavy atom. The van der Waals surface area contributed by atoms with E-state index in [9.17, 15) is 14.4 Å². The van der Waals surface area contributed by atoms with Gasteiger partial charge in [0.1, 0.15) is 11.6 Å². The van der Waals surface area contributed by atoms with Crippen LogP contribution in [0.1, 0.15) is 37.5 Å². The second kappa shape index (κ2) is 9.42. The van der Waals surface area contributed by atoms with Gasteiger partial charge >= 0.3 is 5.69 Å². The number of anilines is 2. The van der Waals surface area contributed by atoms with Crippen molar-refractivity contribution in [1.82, 2.24) is 9.55 Å². The molecule has 29 heavy (non-hydrogen) atoms. The summed E-state index contributed by atoms with van der Waals surface area (Å²) < 4.78 is 6.68. The van der Waals surface area contributed by atoms with Gasteiger partial charge in [0, 0.05) is 13.0 Å². The molecule has 8 nitrogen and oxygen atoms in total. The molecule has 0 unspecified atom stereocenters. The van der Waals surface area contributed by atoms with Gasteiger partial charge in [0.05, 0.1) is 12.8 Å². The van der Waals surface area contributed by atoms with Crippen molar-refractivity contribution >= 4 is 28.7 Å². The quantitative estimate of drug-likeness (QED) is 0.557. The molecule has 1 amide bonds. The molecule has 3 N–H and O–H groups in total. The molecule has 3 rings (SSSR count). The van der Waals surface area contributed by atoms with Crippen LogP contribution in [0.15, 0.2) is 49.2 Å². The second-order valence-electron chi connectivity index (χ2n) is 6.69. The van der Waals surface area contributed by atoms with Crippen LogP contribution < -0.4 is 21.9 Å². The fourth-order valence-electron chi connectivity index (χ4n) is 3.05. The third-order valence-electron chi connectivity index (χ3n) is 4.62. The molecule has 0 aliphatic heterocycles. The van der Waals surface area contributed by atoms with Crippen LogP contribution in [0.4, 0.5) is 11.5 Å². The number of unbranched alkanes of at least 4 members (excludes halogenated alkanes) is 1. The van der Waals surface area contributed by atoms with Crippen LogP contribution >= 0.6 is 11.3 Å². The molecular weight excluding hydrogens is 392 g/mol. The van der Waals surface area contributed by atoms with Gasteiger partial charge in [0.15, 0.2) is 5.69 Å². The van der Waals surface area contributed by atoms with Crippen molar-refractivity contribution in [3.8, 4) is 0 Å². The number of H-pyrrole nitrogens is 1. The number of nitrogen functional groups attached to an aromatic ring is 1. The largest absolute Gasteiger partial charge is 0.467 e. The first kappa shape index (κ1) is 20.7. The Hall–Kier alpha value is -3.07. The van der Waals surface area contributed by atoms with E-state index in [2.05, 4.69) is 4.98 Å². The van der Waals surface area contributed by atoms with Crippen molar-refractivity contribution in [3.63, 3.8) is 0 Å². The minimum absolute atomic E-state index is 0.0114. The molecule has 0 saturated heterocycles. The Balaban J connectivity index is 1.97. The molecule has 0 radical (unpaired) electrons. The zero-order valence-electron chi connectivity index (χ0n) is 16.2. The van der Waals surface area contributed by atoms with Gasteiger partial charge in [0.25, 0.3) is 5.56 Å². The van der Waals surface area contributed by atoms with Crippen molar-refractivity contribution in [1.29, 1.82) is 0 Å². The summed E-state index contributed by atoms with van der Waals surface area (Å²) in [6.07, 6.45) is 3.82. The smallest absolute Gasteiger partial charge is 0.330 e. The summed E-state index contributed by atoms with van der Waals surface area (Å²) in [5.74, 6) is 0.229. The van der Waals surface area contributed by atoms with E-state index in [4.69, 9.17) is 10.2 Å². The number of carbonyl (C=O) groups is 1. The fourth-order valence-corrected chi connectivity index (χ4v) is 3.75. The number of rotatable bonds is 9. The Labute approximate surface area is 171 Å². The molecule has 0 fully saturated rings. The van der Waals surface area contributed by atoms with Crippen LogP contribution in [-0.4, -0.2) is 15.5 Å². The SMILES string of the molecule is CCCCn1c(N)c(N(Cc2ccco2)C(=O)CCc2ccsc2)c(=O)[nH]c1=O. The number of carbonyl (C=O) groups excluding carboxylic acids is 1. The molecule has 9 heteroatoms. The highest BCUT2D eigenvalue weighted by atomic mass is 32.1. The maximum Gasteiger partial charge on any atom is 0.330 e. The number of nitrogens with zero attached hydrogens (tertiary/aromatic N) is 2. The number of hydrogen-bond acceptors (Lipinski definition) is 6. The standard InChI is InChI=1S/C20H24N4O4S/c1-2-3-9-23-18(21)17(19(26)22-20(23)27)24(12-15-5-4-10-28-15)16(25)7-6-14-8-11-29-13-14/h4-5,8,10-11,13H,2-3,6-7,9,12,21H2,1H3,(H,22,26,27). The van der Waals surface area contributed by atoms with Crippen LogP contribution in [-0.2, 0) is 24.3 Å². The summed E-state index contributed by atoms with van der Waals surface area (Å²) in [5, 5.41) is 3.93. The summed E-state index contributed by atoms with van der Waals surface area (Å²) in [4.78, 5) is 41.5. The molecule has 0 spiro atoms. The summed E-state index contributed by atoms with van der Waals surface area (Å²) in [5.41, 5.74) is 5.98. The van der Waals surface area contributed by atoms with E-state index in [1.54, 1.807) is 23.5 Å². The monoisotopic (exact) mass is 416 g/mol. The third kappa shape index (κ3) is 4.86. The minimum atomic E-state index is -0.685. The molecule has 0 aliphatic rings. The van der Waals surface area contributed by atoms with Gasteiger partial charge in [-0.05, 0) is 47.4 Å². The molecule has 154 valence electrons. The maximum absolute atomic E-state index is 13.1. The number of nitrogens with two attached hydrogens (primary N) is 1. The van der Waals surface area contributed by atoms with Crippen molar-refractivity contribution in [3.05, 3.63) is 67.4 Å². The molecular formula is C20H24N4O4S. The summed E-state index contributed by atoms with van der Waals surface area (Å²) >= 11 is 1.56. The second-order valence-corrected chi connectivity index (χ2v) is 7.47. The van der Waals surface area contributed by atoms with E-state index in [1.807, 2.05) is 23.8 Å². The van der Waals surface area contributed by atoms with Gasteiger partial charge in [-0.2, -0.15) is 11.3 Å². The molecule has 3 aromatic rings. The molecule has 3 heterocycles. The number of hydrogen-bond donors (Lipinski definition) is 2. The van der Waals surface area contributed by atoms with E-state index in [0.717, 1.165) is 18.4 Å². The van der Waals surface area contributed by atoms with Crippen molar-refractivity contribution < 1.29 is 9.21 Å². The average Bonchev–Trinajstić information content (AvgIpc) is 3.39. The van der Waals surface area contributed by atoms with Gasteiger partial charge in [-0.15, -0.1) is 0 Å². The lowest BCUT2D eigenvalue weighted by Crippen LogP contribution is -2.41. The number of nitrogens with one attached hydrogen (secondary N) is 1. The highest BCUT2D eigenvalue weighted by molar-refractivity contribution is 7.07. The Kier molecular flexibility index (Phi) is 6.71. The zero-order valence-corrected chi connectivity index (χ0v) is 17.0. The first-order valence-electron chi connectivity index (χ1n) is 9.47. The van der Waals surface area contributed by atoms with E-state index in [1.165, 1.54) is 15.7 Å². The predicted octanol–water partition coefficient (Wildman–Crippen LogP) is 2.74. The highest BCUT2D eigenvalue weighted by Gasteiger charge is 2.25. The molecule has 0 aliphatic carbocycles. The molecule has 0 atom stereocenters. The average molecular weight is 417 g/mol. The lowest BCUT2D eigenvalue weighted by Gasteiger charge is -2.24. The van der Waals surface area contributed by atoms with Gasteiger partial charge in [-0.3, -0.25) is 24.0 Å². The van der Waals surface area contributed by atoms with E-state index < -0.39 is 11.2 Å². The summed E-state index contributed by atoms with van der Waals surface area (Å²) in [6, 6.07) is 5.39. The first-order chi connectivity index (χ1) is 14.0. The minimum Gasteiger partial charge on any atom is -0.467 e. The van der Waals surface area contributed by atoms with E-state index >= 15 is 0 Å². The van der Waals surface area contributed by atoms with Crippen molar-refractivity contribution in [2.24, 2.45) is 0 Å². The van der Waals surface area contributed by atoms with Gasteiger partial charge in [0.2, 0.25) is 5.91 Å². The van der Waals surface area contributed by atoms with Crippen LogP contribution in [0.2, 0.25) is 0 Å². The number of furan rings is 1. The zero-order chi connectivity index (χ0) is 20.8. The lowest BCUT2D eigenvalue weighted by molar-refractivity contribution is -0.118. The Morgan fingerprint density at radius 2 is 2.17 bits per heavy atom. The number of amides is 1. The number of thiophene rings is 1. The van der Waals surface area contributed by atoms with Gasteiger partial charge in [-0.25, -0.2) is 4.79 Å². The molecule has 0 aromatic carbocycles. The summed E-state index contributed by atoms with van der Waals surface area (Å²) in [7, 11) is 0. The van der Waals surface area contributed by atoms with Crippen molar-refractivity contribution in [2.75, 3.05) is 10.6 Å². The normalized spacial score (nSPS) is 10.9. The van der Waals surface area contributed by atoms with E-state index in [-0.39, 0.29) is 30.4 Å². The van der Waals surface area contributed by atoms with Crippen LogP contribution in [0, 0.1) is 0 Å². The Morgan fingerprint density at radius 1 is 1.34 bits per heavy atom. The maximum atomic E-state index is 13.1. The van der Waals surface area contributed by atoms with Gasteiger partial charge in [-0.1, -0.05) is 13.3 Å². The van der Waals surface area contributed by atoms with E-state index in [0.29, 0.717) is 18.7 Å². The first-order valence-corrected chi connectivity index (χ1v) is 10.4. The predicted molar refractivity (Wildman–Crippen MR) is 113 cm³/mol. The Bertz CT molecular complexity index is 1050. The third-order valence-corrected chi connectivity index (χ3v) is 5.35. The fraction of sp³-hybridized carbons (Fsp3) is 0.350. The van der Waals surface area contributed by atoms with Crippen LogP contribution in [0.3, 0.4) is 0 Å². The van der Waals surface area contributed by atoms with Crippen LogP contribution in [0.25, 0.3) is 0 Å². The lowest BCUT2D eigenvalue weighted by atomic mass is 10.1. The molecule has 0 bridgehead atoms. The summed E-state index contributed by atoms with van der Waals surface area (Å²) in [6.45, 7) is 2.41. The topological polar surface area (TPSA) is 114 Å². The number of aromatic nitrogens is 2. The number of aryl methyl sites for hydroxylation is 1. The van der Waals surface area contributed by atoms with Gasteiger partial charge < -0.3 is 10.2 Å². The van der Waals surface area contributed by atoms with Crippen molar-refractivity contribution in [2.45, 2.75) is 45.7 Å². The molecule has 0 saturated carbocycles. The highest BCUT2D eigenvalue weighted by Crippen LogP contribution is 2.22. The van der Waals surface area contributed by atoms with Crippen LogP contribution in [0.5, 0.6) is 0 Å². The molecule has 3 aromatic heterocycles. The number of aromatic amines is 1.